The second-order valence-corrected chi connectivity index (χ2v) is 12.6. The zero-order chi connectivity index (χ0) is 29.6. The Labute approximate surface area is 246 Å². The van der Waals surface area contributed by atoms with Crippen LogP contribution in [0.25, 0.3) is 11.3 Å². The Morgan fingerprint density at radius 1 is 0.951 bits per heavy atom. The average molecular weight is 571 g/mol. The van der Waals surface area contributed by atoms with Gasteiger partial charge in [0.25, 0.3) is 5.91 Å². The molecule has 2 aromatic heterocycles. The van der Waals surface area contributed by atoms with Gasteiger partial charge in [-0.15, -0.1) is 11.3 Å². The van der Waals surface area contributed by atoms with Crippen LogP contribution in [0.3, 0.4) is 0 Å². The maximum atomic E-state index is 12.9. The van der Waals surface area contributed by atoms with Crippen molar-refractivity contribution in [1.29, 1.82) is 0 Å². The number of rotatable bonds is 11. The molecule has 1 N–H and O–H groups in total. The Bertz CT molecular complexity index is 1440. The molecule has 0 unspecified atom stereocenters. The van der Waals surface area contributed by atoms with Crippen molar-refractivity contribution < 1.29 is 14.7 Å². The fraction of sp³-hybridized carbons (Fsp3) is 0.333. The molecular weight excluding hydrogens is 532 g/mol. The number of anilines is 1. The molecule has 0 atom stereocenters. The zero-order valence-corrected chi connectivity index (χ0v) is 25.2. The smallest absolute Gasteiger partial charge is 0.323 e. The summed E-state index contributed by atoms with van der Waals surface area (Å²) >= 11 is 1.41. The standard InChI is InChI=1S/C33H38N4O3S/c1-23(2)18-36(27-15-13-26(14-16-27)33(3,4)5)19-24-9-11-25(12-10-24)29-22-41-30(35-29)20-37(21-31(38)39)32(40)28-8-6-7-17-34-28/h6-17,22-23H,18-21H2,1-5H3,(H,38,39). The lowest BCUT2D eigenvalue weighted by Crippen LogP contribution is -2.35. The Morgan fingerprint density at radius 2 is 1.66 bits per heavy atom. The van der Waals surface area contributed by atoms with Crippen molar-refractivity contribution in [3.8, 4) is 11.3 Å². The molecule has 0 radical (unpaired) electrons. The minimum absolute atomic E-state index is 0.0998. The molecular formula is C33H38N4O3S. The number of hydrogen-bond acceptors (Lipinski definition) is 6. The van der Waals surface area contributed by atoms with E-state index >= 15 is 0 Å². The summed E-state index contributed by atoms with van der Waals surface area (Å²) in [4.78, 5) is 36.8. The highest BCUT2D eigenvalue weighted by atomic mass is 32.1. The molecule has 0 aliphatic rings. The number of nitrogens with zero attached hydrogens (tertiary/aromatic N) is 4. The topological polar surface area (TPSA) is 86.6 Å². The molecule has 0 saturated carbocycles. The van der Waals surface area contributed by atoms with Gasteiger partial charge >= 0.3 is 5.97 Å². The van der Waals surface area contributed by atoms with Crippen molar-refractivity contribution in [3.05, 3.63) is 100 Å². The minimum Gasteiger partial charge on any atom is -0.480 e. The first kappa shape index (κ1) is 29.9. The number of aliphatic carboxylic acids is 1. The van der Waals surface area contributed by atoms with E-state index < -0.39 is 18.4 Å². The molecule has 8 heteroatoms. The minimum atomic E-state index is -1.08. The van der Waals surface area contributed by atoms with E-state index in [9.17, 15) is 14.7 Å². The van der Waals surface area contributed by atoms with E-state index in [1.54, 1.807) is 18.2 Å². The van der Waals surface area contributed by atoms with Crippen LogP contribution in [0.2, 0.25) is 0 Å². The number of benzene rings is 2. The van der Waals surface area contributed by atoms with Gasteiger partial charge in [0.1, 0.15) is 17.2 Å². The average Bonchev–Trinajstić information content (AvgIpc) is 3.40. The van der Waals surface area contributed by atoms with Crippen LogP contribution in [0, 0.1) is 5.92 Å². The maximum absolute atomic E-state index is 12.9. The van der Waals surface area contributed by atoms with Crippen LogP contribution < -0.4 is 4.90 Å². The molecule has 4 aromatic rings. The van der Waals surface area contributed by atoms with E-state index in [0.29, 0.717) is 10.9 Å². The molecule has 7 nitrogen and oxygen atoms in total. The fourth-order valence-corrected chi connectivity index (χ4v) is 5.39. The second kappa shape index (κ2) is 13.1. The van der Waals surface area contributed by atoms with E-state index in [1.165, 1.54) is 39.2 Å². The van der Waals surface area contributed by atoms with Gasteiger partial charge in [-0.3, -0.25) is 14.6 Å². The van der Waals surface area contributed by atoms with Gasteiger partial charge in [0.05, 0.1) is 12.2 Å². The Morgan fingerprint density at radius 3 is 2.24 bits per heavy atom. The molecule has 0 spiro atoms. The molecule has 0 aliphatic heterocycles. The SMILES string of the molecule is CC(C)CN(Cc1ccc(-c2csc(CN(CC(=O)O)C(=O)c3ccccn3)n2)cc1)c1ccc(C(C)(C)C)cc1. The summed E-state index contributed by atoms with van der Waals surface area (Å²) in [7, 11) is 0. The number of carboxylic acid groups (broad SMARTS) is 1. The highest BCUT2D eigenvalue weighted by molar-refractivity contribution is 7.09. The number of carbonyl (C=O) groups is 2. The van der Waals surface area contributed by atoms with E-state index in [-0.39, 0.29) is 17.7 Å². The first-order valence-corrected chi connectivity index (χ1v) is 14.7. The van der Waals surface area contributed by atoms with Crippen LogP contribution in [0.1, 0.15) is 61.2 Å². The lowest BCUT2D eigenvalue weighted by atomic mass is 9.87. The highest BCUT2D eigenvalue weighted by Crippen LogP contribution is 2.28. The molecule has 0 saturated heterocycles. The summed E-state index contributed by atoms with van der Waals surface area (Å²) in [6.45, 7) is 12.6. The third-order valence-electron chi connectivity index (χ3n) is 6.68. The fourth-order valence-electron chi connectivity index (χ4n) is 4.57. The quantitative estimate of drug-likeness (QED) is 0.211. The van der Waals surface area contributed by atoms with Gasteiger partial charge in [-0.05, 0) is 46.7 Å². The van der Waals surface area contributed by atoms with Crippen molar-refractivity contribution in [2.45, 2.75) is 53.1 Å². The van der Waals surface area contributed by atoms with E-state index in [1.807, 2.05) is 5.38 Å². The van der Waals surface area contributed by atoms with E-state index in [4.69, 9.17) is 4.98 Å². The number of carbonyl (C=O) groups excluding carboxylic acids is 1. The highest BCUT2D eigenvalue weighted by Gasteiger charge is 2.21. The summed E-state index contributed by atoms with van der Waals surface area (Å²) < 4.78 is 0. The van der Waals surface area contributed by atoms with Gasteiger partial charge in [-0.1, -0.05) is 77.1 Å². The third-order valence-corrected chi connectivity index (χ3v) is 7.52. The summed E-state index contributed by atoms with van der Waals surface area (Å²) in [6.07, 6.45) is 1.52. The van der Waals surface area contributed by atoms with Crippen molar-refractivity contribution in [2.24, 2.45) is 5.92 Å². The van der Waals surface area contributed by atoms with Crippen LogP contribution in [0.5, 0.6) is 0 Å². The number of thiazole rings is 1. The molecule has 0 aliphatic carbocycles. The van der Waals surface area contributed by atoms with Crippen molar-refractivity contribution in [1.82, 2.24) is 14.9 Å². The molecule has 1 amide bonds. The monoisotopic (exact) mass is 570 g/mol. The molecule has 4 rings (SSSR count). The molecule has 0 fully saturated rings. The lowest BCUT2D eigenvalue weighted by Gasteiger charge is -2.28. The first-order valence-electron chi connectivity index (χ1n) is 13.8. The van der Waals surface area contributed by atoms with E-state index in [0.717, 1.165) is 24.3 Å². The molecule has 41 heavy (non-hydrogen) atoms. The van der Waals surface area contributed by atoms with Gasteiger partial charge in [0.15, 0.2) is 0 Å². The zero-order valence-electron chi connectivity index (χ0n) is 24.4. The van der Waals surface area contributed by atoms with Gasteiger partial charge in [0.2, 0.25) is 0 Å². The van der Waals surface area contributed by atoms with Crippen LogP contribution in [0.15, 0.2) is 78.3 Å². The maximum Gasteiger partial charge on any atom is 0.323 e. The first-order chi connectivity index (χ1) is 19.5. The van der Waals surface area contributed by atoms with Crippen molar-refractivity contribution >= 4 is 28.9 Å². The molecule has 2 aromatic carbocycles. The lowest BCUT2D eigenvalue weighted by molar-refractivity contribution is -0.137. The predicted molar refractivity (Wildman–Crippen MR) is 165 cm³/mol. The predicted octanol–water partition coefficient (Wildman–Crippen LogP) is 6.89. The Hall–Kier alpha value is -4.04. The van der Waals surface area contributed by atoms with Crippen molar-refractivity contribution in [2.75, 3.05) is 18.0 Å². The van der Waals surface area contributed by atoms with Crippen LogP contribution in [0.4, 0.5) is 5.69 Å². The van der Waals surface area contributed by atoms with Gasteiger partial charge < -0.3 is 14.9 Å². The summed E-state index contributed by atoms with van der Waals surface area (Å²) in [6, 6.07) is 22.3. The normalized spacial score (nSPS) is 11.5. The largest absolute Gasteiger partial charge is 0.480 e. The number of amides is 1. The number of carboxylic acids is 1. The van der Waals surface area contributed by atoms with Gasteiger partial charge in [0, 0.05) is 35.9 Å². The van der Waals surface area contributed by atoms with Crippen LogP contribution in [-0.4, -0.2) is 44.9 Å². The van der Waals surface area contributed by atoms with Gasteiger partial charge in [-0.2, -0.15) is 0 Å². The van der Waals surface area contributed by atoms with Crippen molar-refractivity contribution in [3.63, 3.8) is 0 Å². The number of aromatic nitrogens is 2. The summed E-state index contributed by atoms with van der Waals surface area (Å²) in [5.41, 5.74) is 5.85. The van der Waals surface area contributed by atoms with Crippen LogP contribution in [-0.2, 0) is 23.3 Å². The molecule has 2 heterocycles. The Balaban J connectivity index is 1.46. The third kappa shape index (κ3) is 8.24. The summed E-state index contributed by atoms with van der Waals surface area (Å²) in [5.74, 6) is -0.998. The van der Waals surface area contributed by atoms with Gasteiger partial charge in [-0.25, -0.2) is 4.98 Å². The van der Waals surface area contributed by atoms with Crippen LogP contribution >= 0.6 is 11.3 Å². The molecule has 0 bridgehead atoms. The second-order valence-electron chi connectivity index (χ2n) is 11.7. The number of hydrogen-bond donors (Lipinski definition) is 1. The van der Waals surface area contributed by atoms with E-state index in [2.05, 4.69) is 93.0 Å². The molecule has 214 valence electrons. The summed E-state index contributed by atoms with van der Waals surface area (Å²) in [5, 5.41) is 12.0. The Kier molecular flexibility index (Phi) is 9.55. The number of pyridine rings is 1.